The van der Waals surface area contributed by atoms with Crippen molar-refractivity contribution >= 4 is 17.3 Å². The third-order valence-electron chi connectivity index (χ3n) is 7.42. The number of ether oxygens (including phenoxy) is 1. The predicted octanol–water partition coefficient (Wildman–Crippen LogP) is 3.08. The minimum Gasteiger partial charge on any atom is -0.391 e. The molecule has 3 aromatic rings. The number of anilines is 2. The van der Waals surface area contributed by atoms with Crippen LogP contribution in [-0.2, 0) is 17.8 Å². The number of nitrogens with two attached hydrogens (primary N) is 1. The van der Waals surface area contributed by atoms with Gasteiger partial charge in [0.1, 0.15) is 28.8 Å². The lowest BCUT2D eigenvalue weighted by atomic mass is 9.92. The van der Waals surface area contributed by atoms with E-state index in [4.69, 9.17) is 10.5 Å². The zero-order valence-corrected chi connectivity index (χ0v) is 22.0. The van der Waals surface area contributed by atoms with E-state index in [2.05, 4.69) is 15.3 Å². The molecule has 1 saturated heterocycles. The molecule has 1 fully saturated rings. The van der Waals surface area contributed by atoms with Gasteiger partial charge in [-0.15, -0.1) is 0 Å². The normalized spacial score (nSPS) is 22.4. The van der Waals surface area contributed by atoms with E-state index in [1.165, 1.54) is 13.3 Å². The first-order valence-corrected chi connectivity index (χ1v) is 12.9. The molecule has 1 amide bonds. The molecular weight excluding hydrogens is 527 g/mol. The van der Waals surface area contributed by atoms with Gasteiger partial charge < -0.3 is 30.9 Å². The fraction of sp³-hybridized carbons (Fsp3) is 0.393. The minimum absolute atomic E-state index is 0.0414. The third kappa shape index (κ3) is 5.15. The van der Waals surface area contributed by atoms with Crippen LogP contribution in [0.25, 0.3) is 11.3 Å². The molecule has 0 radical (unpaired) electrons. The van der Waals surface area contributed by atoms with E-state index >= 15 is 0 Å². The average molecular weight is 558 g/mol. The number of aliphatic hydroxyl groups is 2. The minimum atomic E-state index is -1.04. The largest absolute Gasteiger partial charge is 0.391 e. The van der Waals surface area contributed by atoms with Crippen molar-refractivity contribution in [3.63, 3.8) is 0 Å². The van der Waals surface area contributed by atoms with Gasteiger partial charge in [-0.3, -0.25) is 9.78 Å². The number of aromatic nitrogens is 2. The first-order valence-electron chi connectivity index (χ1n) is 12.9. The number of hydrogen-bond acceptors (Lipinski definition) is 8. The van der Waals surface area contributed by atoms with Crippen LogP contribution in [-0.4, -0.2) is 58.4 Å². The topological polar surface area (TPSA) is 134 Å². The highest BCUT2D eigenvalue weighted by atomic mass is 19.1. The van der Waals surface area contributed by atoms with E-state index in [0.29, 0.717) is 43.0 Å². The summed E-state index contributed by atoms with van der Waals surface area (Å²) in [6, 6.07) is 3.54. The molecule has 9 nitrogen and oxygen atoms in total. The molecule has 40 heavy (non-hydrogen) atoms. The summed E-state index contributed by atoms with van der Waals surface area (Å²) >= 11 is 0. The Kier molecular flexibility index (Phi) is 7.78. The second-order valence-electron chi connectivity index (χ2n) is 10.3. The van der Waals surface area contributed by atoms with Gasteiger partial charge in [-0.25, -0.2) is 18.2 Å². The number of carbonyl (C=O) groups is 1. The van der Waals surface area contributed by atoms with Gasteiger partial charge in [0.15, 0.2) is 0 Å². The Bertz CT molecular complexity index is 1420. The standard InChI is InChI=1S/C28H30F3N5O4/c1-13-10-36(11-19(32)27(13)38)26-15-3-6-22(37)24(15)33-9-21(26)35-28(39)20-5-4-16(29)25(34-20)23-17(30)7-14(12-40-2)8-18(23)31/h4-5,7-9,13,19,22,27,37-38H,3,6,10-12,32H2,1-2H3,(H,35,39)/t13-,19+,22-,27+/m0/s1. The van der Waals surface area contributed by atoms with Gasteiger partial charge in [0, 0.05) is 37.7 Å². The van der Waals surface area contributed by atoms with Crippen LogP contribution < -0.4 is 16.0 Å². The maximum absolute atomic E-state index is 14.8. The Morgan fingerprint density at radius 2 is 1.90 bits per heavy atom. The molecule has 1 aromatic carbocycles. The number of benzene rings is 1. The van der Waals surface area contributed by atoms with Gasteiger partial charge in [0.2, 0.25) is 0 Å². The Morgan fingerprint density at radius 3 is 2.58 bits per heavy atom. The second-order valence-corrected chi connectivity index (χ2v) is 10.3. The third-order valence-corrected chi connectivity index (χ3v) is 7.42. The summed E-state index contributed by atoms with van der Waals surface area (Å²) in [6.45, 7) is 2.58. The summed E-state index contributed by atoms with van der Waals surface area (Å²) in [6.07, 6.45) is 0.956. The SMILES string of the molecule is COCc1cc(F)c(-c2nc(C(=O)Nc3cnc4c(c3N3C[C@@H](N)[C@H](O)[C@@H](C)C3)CC[C@@H]4O)ccc2F)c(F)c1. The molecule has 0 saturated carbocycles. The monoisotopic (exact) mass is 557 g/mol. The average Bonchev–Trinajstić information content (AvgIpc) is 3.28. The zero-order chi connectivity index (χ0) is 28.7. The number of rotatable bonds is 6. The van der Waals surface area contributed by atoms with Gasteiger partial charge in [-0.1, -0.05) is 6.92 Å². The number of pyridine rings is 2. The number of aliphatic hydroxyl groups excluding tert-OH is 2. The molecule has 1 aliphatic carbocycles. The molecule has 3 heterocycles. The Hall–Kier alpha value is -3.58. The van der Waals surface area contributed by atoms with Crippen molar-refractivity contribution in [1.29, 1.82) is 0 Å². The fourth-order valence-electron chi connectivity index (χ4n) is 5.49. The number of carbonyl (C=O) groups excluding carboxylic acids is 1. The summed E-state index contributed by atoms with van der Waals surface area (Å²) in [5.74, 6) is -4.01. The number of piperidine rings is 1. The van der Waals surface area contributed by atoms with Gasteiger partial charge in [-0.05, 0) is 42.7 Å². The Balaban J connectivity index is 1.50. The molecule has 2 aromatic heterocycles. The molecule has 212 valence electrons. The van der Waals surface area contributed by atoms with E-state index < -0.39 is 52.9 Å². The first kappa shape index (κ1) is 28.0. The number of hydrogen-bond donors (Lipinski definition) is 4. The first-order chi connectivity index (χ1) is 19.1. The lowest BCUT2D eigenvalue weighted by Crippen LogP contribution is -2.56. The number of halogens is 3. The van der Waals surface area contributed by atoms with Gasteiger partial charge in [0.05, 0.1) is 47.6 Å². The maximum Gasteiger partial charge on any atom is 0.274 e. The summed E-state index contributed by atoms with van der Waals surface area (Å²) in [5, 5.41) is 23.5. The van der Waals surface area contributed by atoms with Crippen molar-refractivity contribution in [3.05, 3.63) is 70.4 Å². The molecule has 5 rings (SSSR count). The maximum atomic E-state index is 14.8. The van der Waals surface area contributed by atoms with Crippen molar-refractivity contribution in [1.82, 2.24) is 9.97 Å². The summed E-state index contributed by atoms with van der Waals surface area (Å²) in [7, 11) is 1.38. The summed E-state index contributed by atoms with van der Waals surface area (Å²) in [4.78, 5) is 23.6. The molecular formula is C28H30F3N5O4. The number of fused-ring (bicyclic) bond motifs is 1. The number of nitrogens with zero attached hydrogens (tertiary/aromatic N) is 3. The van der Waals surface area contributed by atoms with Crippen molar-refractivity contribution in [3.8, 4) is 11.3 Å². The number of methoxy groups -OCH3 is 1. The molecule has 4 atom stereocenters. The molecule has 0 bridgehead atoms. The molecule has 0 unspecified atom stereocenters. The van der Waals surface area contributed by atoms with Crippen LogP contribution in [0.3, 0.4) is 0 Å². The van der Waals surface area contributed by atoms with Crippen molar-refractivity contribution in [2.45, 2.75) is 44.6 Å². The van der Waals surface area contributed by atoms with E-state index in [1.54, 1.807) is 0 Å². The van der Waals surface area contributed by atoms with E-state index in [0.717, 1.165) is 29.8 Å². The predicted molar refractivity (Wildman–Crippen MR) is 141 cm³/mol. The lowest BCUT2D eigenvalue weighted by molar-refractivity contribution is 0.0784. The van der Waals surface area contributed by atoms with Crippen LogP contribution in [0.2, 0.25) is 0 Å². The number of nitrogens with one attached hydrogen (secondary N) is 1. The van der Waals surface area contributed by atoms with E-state index in [1.807, 2.05) is 11.8 Å². The number of amides is 1. The second kappa shape index (κ2) is 11.1. The quantitative estimate of drug-likeness (QED) is 0.364. The van der Waals surface area contributed by atoms with Crippen molar-refractivity contribution < 1.29 is 32.9 Å². The molecule has 12 heteroatoms. The summed E-state index contributed by atoms with van der Waals surface area (Å²) < 4.78 is 49.3. The Labute approximate surface area is 228 Å². The van der Waals surface area contributed by atoms with E-state index in [9.17, 15) is 28.2 Å². The molecule has 1 aliphatic heterocycles. The van der Waals surface area contributed by atoms with Crippen LogP contribution in [0.4, 0.5) is 24.5 Å². The zero-order valence-electron chi connectivity index (χ0n) is 22.0. The molecule has 5 N–H and O–H groups in total. The molecule has 0 spiro atoms. The van der Waals surface area contributed by atoms with Crippen LogP contribution >= 0.6 is 0 Å². The van der Waals surface area contributed by atoms with Gasteiger partial charge >= 0.3 is 0 Å². The molecule has 2 aliphatic rings. The van der Waals surface area contributed by atoms with Crippen LogP contribution in [0.1, 0.15) is 46.8 Å². The Morgan fingerprint density at radius 1 is 1.18 bits per heavy atom. The van der Waals surface area contributed by atoms with Crippen molar-refractivity contribution in [2.24, 2.45) is 11.7 Å². The van der Waals surface area contributed by atoms with E-state index in [-0.39, 0.29) is 23.8 Å². The van der Waals surface area contributed by atoms with Gasteiger partial charge in [-0.2, -0.15) is 0 Å². The summed E-state index contributed by atoms with van der Waals surface area (Å²) in [5.41, 5.74) is 6.98. The smallest absolute Gasteiger partial charge is 0.274 e. The van der Waals surface area contributed by atoms with Gasteiger partial charge in [0.25, 0.3) is 5.91 Å². The highest BCUT2D eigenvalue weighted by molar-refractivity contribution is 6.05. The van der Waals surface area contributed by atoms with Crippen LogP contribution in [0, 0.1) is 23.4 Å². The van der Waals surface area contributed by atoms with Crippen molar-refractivity contribution in [2.75, 3.05) is 30.4 Å². The van der Waals surface area contributed by atoms with Crippen LogP contribution in [0.5, 0.6) is 0 Å². The van der Waals surface area contributed by atoms with Crippen LogP contribution in [0.15, 0.2) is 30.5 Å². The lowest BCUT2D eigenvalue weighted by Gasteiger charge is -2.41. The fourth-order valence-corrected chi connectivity index (χ4v) is 5.49. The highest BCUT2D eigenvalue weighted by Crippen LogP contribution is 2.41. The highest BCUT2D eigenvalue weighted by Gasteiger charge is 2.36.